The van der Waals surface area contributed by atoms with Gasteiger partial charge in [0.05, 0.1) is 28.8 Å². The molecule has 0 atom stereocenters. The smallest absolute Gasteiger partial charge is 0.294 e. The summed E-state index contributed by atoms with van der Waals surface area (Å²) in [5, 5.41) is 6.68. The molecule has 1 saturated carbocycles. The van der Waals surface area contributed by atoms with Crippen LogP contribution in [-0.2, 0) is 10.1 Å². The van der Waals surface area contributed by atoms with Crippen LogP contribution in [0.3, 0.4) is 0 Å². The summed E-state index contributed by atoms with van der Waals surface area (Å²) >= 11 is 11.4. The van der Waals surface area contributed by atoms with Crippen molar-refractivity contribution in [2.24, 2.45) is 5.73 Å². The van der Waals surface area contributed by atoms with Crippen LogP contribution >= 0.6 is 23.8 Å². The number of carbonyl (C=O) groups is 1. The highest BCUT2D eigenvalue weighted by Gasteiger charge is 2.23. The second kappa shape index (κ2) is 14.0. The fraction of sp³-hybridized carbons (Fsp3) is 0.207. The van der Waals surface area contributed by atoms with Gasteiger partial charge in [-0.25, -0.2) is 4.39 Å². The third-order valence-electron chi connectivity index (χ3n) is 6.03. The number of pyridine rings is 1. The Bertz CT molecular complexity index is 1770. The molecule has 3 aromatic carbocycles. The van der Waals surface area contributed by atoms with Crippen LogP contribution in [-0.4, -0.2) is 42.1 Å². The van der Waals surface area contributed by atoms with E-state index < -0.39 is 21.8 Å². The van der Waals surface area contributed by atoms with Crippen molar-refractivity contribution >= 4 is 61.5 Å². The Kier molecular flexibility index (Phi) is 10.9. The van der Waals surface area contributed by atoms with E-state index >= 15 is 0 Å². The number of ether oxygens (including phenoxy) is 2. The summed E-state index contributed by atoms with van der Waals surface area (Å²) in [7, 11) is -2.60. The fourth-order valence-corrected chi connectivity index (χ4v) is 4.67. The van der Waals surface area contributed by atoms with Gasteiger partial charge in [0.25, 0.3) is 16.0 Å². The standard InChI is InChI=1S/C21H18ClFN4O3S.C7H8O3S.CH4/c1-29-17-9-14-11(8-12(17)20(24)28)15(6-7-25-14)30-16-5-4-13(18(22)19(16)23)27-21(31)26-10-2-3-10;1-6-2-4-7(5-3-6)11(8,9)10;/h4-10H,2-3H2,1H3,(H2,24,28)(H2,26,27,31);2-5H,1H3,(H,8,9,10);1H4. The lowest BCUT2D eigenvalue weighted by molar-refractivity contribution is 0.0997. The number of nitrogens with one attached hydrogen (secondary N) is 2. The van der Waals surface area contributed by atoms with E-state index in [9.17, 15) is 17.6 Å². The van der Waals surface area contributed by atoms with Crippen LogP contribution in [0.2, 0.25) is 5.02 Å². The number of hydrogen-bond donors (Lipinski definition) is 4. The van der Waals surface area contributed by atoms with Crippen molar-refractivity contribution in [1.29, 1.82) is 0 Å². The van der Waals surface area contributed by atoms with E-state index in [2.05, 4.69) is 15.6 Å². The molecule has 10 nitrogen and oxygen atoms in total. The van der Waals surface area contributed by atoms with Crippen molar-refractivity contribution in [3.8, 4) is 17.2 Å². The van der Waals surface area contributed by atoms with E-state index in [1.54, 1.807) is 30.3 Å². The normalized spacial score (nSPS) is 12.3. The molecule has 1 aliphatic carbocycles. The van der Waals surface area contributed by atoms with Crippen molar-refractivity contribution in [3.63, 3.8) is 0 Å². The Morgan fingerprint density at radius 3 is 2.37 bits per heavy atom. The molecule has 228 valence electrons. The number of carbonyl (C=O) groups excluding carboxylic acids is 1. The number of halogens is 2. The number of primary amides is 1. The molecule has 0 unspecified atom stereocenters. The highest BCUT2D eigenvalue weighted by molar-refractivity contribution is 7.85. The van der Waals surface area contributed by atoms with Gasteiger partial charge in [-0.3, -0.25) is 14.3 Å². The maximum absolute atomic E-state index is 14.9. The first-order valence-electron chi connectivity index (χ1n) is 12.4. The molecule has 4 aromatic rings. The van der Waals surface area contributed by atoms with Crippen molar-refractivity contribution in [2.45, 2.75) is 38.1 Å². The van der Waals surface area contributed by atoms with Gasteiger partial charge in [-0.05, 0) is 68.4 Å². The van der Waals surface area contributed by atoms with E-state index in [4.69, 9.17) is 43.6 Å². The summed E-state index contributed by atoms with van der Waals surface area (Å²) in [6.07, 6.45) is 3.61. The Balaban J connectivity index is 0.000000357. The Hall–Kier alpha value is -4.04. The zero-order valence-electron chi connectivity index (χ0n) is 22.4. The van der Waals surface area contributed by atoms with E-state index in [-0.39, 0.29) is 40.2 Å². The highest BCUT2D eigenvalue weighted by atomic mass is 35.5. The van der Waals surface area contributed by atoms with Gasteiger partial charge in [-0.15, -0.1) is 0 Å². The van der Waals surface area contributed by atoms with E-state index in [1.807, 2.05) is 6.92 Å². The molecular weight excluding hydrogens is 619 g/mol. The molecule has 1 aromatic heterocycles. The van der Waals surface area contributed by atoms with Gasteiger partial charge >= 0.3 is 0 Å². The third kappa shape index (κ3) is 8.51. The van der Waals surface area contributed by atoms with Crippen LogP contribution in [0.4, 0.5) is 10.1 Å². The molecule has 0 bridgehead atoms. The number of amides is 1. The van der Waals surface area contributed by atoms with Gasteiger partial charge in [-0.1, -0.05) is 36.7 Å². The molecule has 0 saturated heterocycles. The number of nitrogens with two attached hydrogens (primary N) is 1. The lowest BCUT2D eigenvalue weighted by atomic mass is 10.1. The topological polar surface area (TPSA) is 153 Å². The fourth-order valence-electron chi connectivity index (χ4n) is 3.71. The molecule has 1 heterocycles. The molecule has 0 aliphatic heterocycles. The average molecular weight is 649 g/mol. The van der Waals surface area contributed by atoms with Gasteiger partial charge in [0, 0.05) is 23.7 Å². The molecule has 1 aliphatic rings. The second-order valence-corrected chi connectivity index (χ2v) is 11.5. The average Bonchev–Trinajstić information content (AvgIpc) is 3.76. The van der Waals surface area contributed by atoms with Crippen molar-refractivity contribution < 1.29 is 31.6 Å². The molecule has 14 heteroatoms. The van der Waals surface area contributed by atoms with Crippen LogP contribution in [0.15, 0.2) is 65.7 Å². The molecular formula is C29H30ClFN4O6S2. The Morgan fingerprint density at radius 2 is 1.79 bits per heavy atom. The van der Waals surface area contributed by atoms with E-state index in [0.717, 1.165) is 18.4 Å². The number of thiocarbonyl (C=S) groups is 1. The minimum Gasteiger partial charge on any atom is -0.496 e. The first kappa shape index (κ1) is 33.5. The predicted octanol–water partition coefficient (Wildman–Crippen LogP) is 6.25. The molecule has 1 amide bonds. The number of fused-ring (bicyclic) bond motifs is 1. The van der Waals surface area contributed by atoms with E-state index in [1.165, 1.54) is 37.6 Å². The Morgan fingerprint density at radius 1 is 1.12 bits per heavy atom. The van der Waals surface area contributed by atoms with Gasteiger partial charge < -0.3 is 25.8 Å². The number of aryl methyl sites for hydroxylation is 1. The number of nitrogens with zero attached hydrogens (tertiary/aromatic N) is 1. The quantitative estimate of drug-likeness (QED) is 0.134. The summed E-state index contributed by atoms with van der Waals surface area (Å²) < 4.78 is 55.5. The largest absolute Gasteiger partial charge is 0.496 e. The van der Waals surface area contributed by atoms with Crippen LogP contribution in [0, 0.1) is 12.7 Å². The van der Waals surface area contributed by atoms with Crippen LogP contribution < -0.4 is 25.8 Å². The van der Waals surface area contributed by atoms with Crippen LogP contribution in [0.1, 0.15) is 36.2 Å². The lowest BCUT2D eigenvalue weighted by Gasteiger charge is -2.15. The maximum Gasteiger partial charge on any atom is 0.294 e. The van der Waals surface area contributed by atoms with E-state index in [0.29, 0.717) is 27.7 Å². The number of aromatic nitrogens is 1. The third-order valence-corrected chi connectivity index (χ3v) is 7.49. The van der Waals surface area contributed by atoms with Gasteiger partial charge in [0.1, 0.15) is 16.5 Å². The summed E-state index contributed by atoms with van der Waals surface area (Å²) in [6, 6.07) is 14.0. The minimum atomic E-state index is -4.02. The molecule has 0 radical (unpaired) electrons. The number of hydrogen-bond acceptors (Lipinski definition) is 7. The zero-order valence-corrected chi connectivity index (χ0v) is 24.7. The summed E-state index contributed by atoms with van der Waals surface area (Å²) in [5.74, 6) is -0.967. The van der Waals surface area contributed by atoms with Crippen LogP contribution in [0.25, 0.3) is 10.9 Å². The van der Waals surface area contributed by atoms with Crippen LogP contribution in [0.5, 0.6) is 17.2 Å². The Labute approximate surface area is 259 Å². The molecule has 43 heavy (non-hydrogen) atoms. The molecule has 5 N–H and O–H groups in total. The van der Waals surface area contributed by atoms with Gasteiger partial charge in [0.15, 0.2) is 16.7 Å². The lowest BCUT2D eigenvalue weighted by Crippen LogP contribution is -2.30. The minimum absolute atomic E-state index is 0. The highest BCUT2D eigenvalue weighted by Crippen LogP contribution is 2.37. The second-order valence-electron chi connectivity index (χ2n) is 9.25. The monoisotopic (exact) mass is 648 g/mol. The van der Waals surface area contributed by atoms with Crippen molar-refractivity contribution in [2.75, 3.05) is 12.4 Å². The molecule has 0 spiro atoms. The number of methoxy groups -OCH3 is 1. The first-order valence-corrected chi connectivity index (χ1v) is 14.6. The number of anilines is 1. The molecule has 1 fully saturated rings. The SMILES string of the molecule is C.COc1cc2nccc(Oc3ccc(NC(=S)NC4CC4)c(Cl)c3F)c2cc1C(N)=O.Cc1ccc(S(=O)(=O)O)cc1. The van der Waals surface area contributed by atoms with Crippen molar-refractivity contribution in [3.05, 3.63) is 82.8 Å². The maximum atomic E-state index is 14.9. The van der Waals surface area contributed by atoms with Gasteiger partial charge in [-0.2, -0.15) is 8.42 Å². The van der Waals surface area contributed by atoms with Gasteiger partial charge in [0.2, 0.25) is 0 Å². The summed E-state index contributed by atoms with van der Waals surface area (Å²) in [5.41, 5.74) is 7.36. The summed E-state index contributed by atoms with van der Waals surface area (Å²) in [6.45, 7) is 1.84. The molecule has 5 rings (SSSR count). The predicted molar refractivity (Wildman–Crippen MR) is 168 cm³/mol. The zero-order chi connectivity index (χ0) is 30.6. The summed E-state index contributed by atoms with van der Waals surface area (Å²) in [4.78, 5) is 15.9. The first-order chi connectivity index (χ1) is 19.9. The number of rotatable bonds is 7. The number of benzene rings is 3. The van der Waals surface area contributed by atoms with Crippen molar-refractivity contribution in [1.82, 2.24) is 10.3 Å².